The Hall–Kier alpha value is -3.20. The lowest BCUT2D eigenvalue weighted by molar-refractivity contribution is 0.0952. The standard InChI is InChI=1S/C22H20N4O4S/c27-21(16-5-7-18-19(11-16)30-13-29-18)25-8-9-31-22-24-23-20(26(22)25)12-28-17-6-4-14-2-1-3-15(14)10-17/h4-7,10-11H,1-3,8-9,12-13H2. The van der Waals surface area contributed by atoms with Crippen molar-refractivity contribution < 1.29 is 19.0 Å². The molecule has 0 N–H and O–H groups in total. The molecule has 0 unspecified atom stereocenters. The SMILES string of the molecule is O=C(c1ccc2c(c1)OCO2)N1CCSc2nnc(COc3ccc4c(c3)CCC4)n21. The van der Waals surface area contributed by atoms with E-state index in [1.54, 1.807) is 39.6 Å². The van der Waals surface area contributed by atoms with Crippen molar-refractivity contribution >= 4 is 17.7 Å². The molecule has 0 fully saturated rings. The average Bonchev–Trinajstić information content (AvgIpc) is 3.55. The Bertz CT molecular complexity index is 1180. The number of carbonyl (C=O) groups excluding carboxylic acids is 1. The molecule has 0 spiro atoms. The summed E-state index contributed by atoms with van der Waals surface area (Å²) in [6.07, 6.45) is 3.44. The minimum atomic E-state index is -0.140. The highest BCUT2D eigenvalue weighted by atomic mass is 32.2. The molecule has 0 saturated carbocycles. The van der Waals surface area contributed by atoms with Gasteiger partial charge in [0.15, 0.2) is 17.3 Å². The summed E-state index contributed by atoms with van der Waals surface area (Å²) < 4.78 is 18.6. The molecule has 3 aliphatic rings. The van der Waals surface area contributed by atoms with E-state index in [4.69, 9.17) is 14.2 Å². The molecule has 2 aromatic carbocycles. The van der Waals surface area contributed by atoms with Crippen LogP contribution in [0.25, 0.3) is 0 Å². The van der Waals surface area contributed by atoms with Gasteiger partial charge in [0.25, 0.3) is 5.91 Å². The van der Waals surface area contributed by atoms with E-state index in [0.717, 1.165) is 24.3 Å². The van der Waals surface area contributed by atoms with Gasteiger partial charge in [-0.15, -0.1) is 10.2 Å². The third kappa shape index (κ3) is 3.29. The van der Waals surface area contributed by atoms with Gasteiger partial charge in [-0.1, -0.05) is 17.8 Å². The summed E-state index contributed by atoms with van der Waals surface area (Å²) >= 11 is 1.58. The lowest BCUT2D eigenvalue weighted by Crippen LogP contribution is -2.45. The molecule has 0 saturated heterocycles. The number of aryl methyl sites for hydroxylation is 2. The molecule has 1 aliphatic carbocycles. The van der Waals surface area contributed by atoms with Crippen molar-refractivity contribution in [2.45, 2.75) is 31.0 Å². The summed E-state index contributed by atoms with van der Waals surface area (Å²) in [6.45, 7) is 0.958. The fourth-order valence-electron chi connectivity index (χ4n) is 4.20. The quantitative estimate of drug-likeness (QED) is 0.622. The Morgan fingerprint density at radius 3 is 2.94 bits per heavy atom. The Kier molecular flexibility index (Phi) is 4.48. The zero-order chi connectivity index (χ0) is 20.8. The number of fused-ring (bicyclic) bond motifs is 3. The molecular weight excluding hydrogens is 416 g/mol. The second-order valence-corrected chi connectivity index (χ2v) is 8.69. The van der Waals surface area contributed by atoms with Crippen LogP contribution in [0.3, 0.4) is 0 Å². The number of carbonyl (C=O) groups is 1. The minimum Gasteiger partial charge on any atom is -0.486 e. The fraction of sp³-hybridized carbons (Fsp3) is 0.318. The van der Waals surface area contributed by atoms with Gasteiger partial charge in [0.1, 0.15) is 12.4 Å². The van der Waals surface area contributed by atoms with E-state index in [1.807, 2.05) is 6.07 Å². The molecule has 8 nitrogen and oxygen atoms in total. The Balaban J connectivity index is 1.25. The first-order valence-electron chi connectivity index (χ1n) is 10.3. The monoisotopic (exact) mass is 436 g/mol. The first kappa shape index (κ1) is 18.6. The molecule has 0 radical (unpaired) electrons. The number of thioether (sulfide) groups is 1. The van der Waals surface area contributed by atoms with Gasteiger partial charge >= 0.3 is 0 Å². The summed E-state index contributed by atoms with van der Waals surface area (Å²) in [5, 5.41) is 10.9. The zero-order valence-electron chi connectivity index (χ0n) is 16.7. The van der Waals surface area contributed by atoms with E-state index in [9.17, 15) is 4.79 Å². The molecular formula is C22H20N4O4S. The summed E-state index contributed by atoms with van der Waals surface area (Å²) in [6, 6.07) is 11.5. The number of hydrogen-bond acceptors (Lipinski definition) is 7. The van der Waals surface area contributed by atoms with E-state index in [1.165, 1.54) is 17.5 Å². The molecule has 9 heteroatoms. The fourth-order valence-corrected chi connectivity index (χ4v) is 5.07. The normalized spacial score (nSPS) is 16.2. The summed E-state index contributed by atoms with van der Waals surface area (Å²) in [5.41, 5.74) is 3.29. The van der Waals surface area contributed by atoms with Crippen molar-refractivity contribution in [1.29, 1.82) is 0 Å². The first-order valence-corrected chi connectivity index (χ1v) is 11.3. The van der Waals surface area contributed by atoms with Crippen LogP contribution < -0.4 is 19.2 Å². The van der Waals surface area contributed by atoms with Gasteiger partial charge in [0.2, 0.25) is 11.9 Å². The highest BCUT2D eigenvalue weighted by Gasteiger charge is 2.29. The van der Waals surface area contributed by atoms with Crippen LogP contribution in [0.15, 0.2) is 41.6 Å². The molecule has 3 aromatic rings. The molecule has 2 aliphatic heterocycles. The van der Waals surface area contributed by atoms with Gasteiger partial charge in [-0.2, -0.15) is 0 Å². The highest BCUT2D eigenvalue weighted by Crippen LogP contribution is 2.33. The predicted octanol–water partition coefficient (Wildman–Crippen LogP) is 2.96. The number of hydrogen-bond donors (Lipinski definition) is 0. The Morgan fingerprint density at radius 1 is 1.06 bits per heavy atom. The third-order valence-corrected chi connectivity index (χ3v) is 6.64. The average molecular weight is 436 g/mol. The molecule has 1 amide bonds. The van der Waals surface area contributed by atoms with Crippen LogP contribution in [-0.2, 0) is 19.4 Å². The van der Waals surface area contributed by atoms with Crippen molar-refractivity contribution in [2.75, 3.05) is 24.1 Å². The van der Waals surface area contributed by atoms with Gasteiger partial charge in [0.05, 0.1) is 6.54 Å². The van der Waals surface area contributed by atoms with Gasteiger partial charge in [0, 0.05) is 11.3 Å². The van der Waals surface area contributed by atoms with Crippen molar-refractivity contribution in [3.05, 3.63) is 58.9 Å². The number of nitrogens with zero attached hydrogens (tertiary/aromatic N) is 4. The second-order valence-electron chi connectivity index (χ2n) is 7.63. The third-order valence-electron chi connectivity index (χ3n) is 5.74. The number of rotatable bonds is 4. The Labute approximate surface area is 183 Å². The van der Waals surface area contributed by atoms with Crippen LogP contribution in [0.5, 0.6) is 17.2 Å². The predicted molar refractivity (Wildman–Crippen MR) is 114 cm³/mol. The van der Waals surface area contributed by atoms with Crippen LogP contribution in [0.1, 0.15) is 33.7 Å². The molecule has 3 heterocycles. The maximum absolute atomic E-state index is 13.3. The molecule has 0 bridgehead atoms. The maximum Gasteiger partial charge on any atom is 0.272 e. The van der Waals surface area contributed by atoms with Crippen LogP contribution >= 0.6 is 11.8 Å². The molecule has 6 rings (SSSR count). The van der Waals surface area contributed by atoms with Crippen molar-refractivity contribution in [3.8, 4) is 17.2 Å². The topological polar surface area (TPSA) is 78.7 Å². The van der Waals surface area contributed by atoms with E-state index >= 15 is 0 Å². The highest BCUT2D eigenvalue weighted by molar-refractivity contribution is 7.99. The largest absolute Gasteiger partial charge is 0.486 e. The number of benzene rings is 2. The Morgan fingerprint density at radius 2 is 1.97 bits per heavy atom. The van der Waals surface area contributed by atoms with Crippen LogP contribution in [0.4, 0.5) is 0 Å². The second kappa shape index (κ2) is 7.49. The van der Waals surface area contributed by atoms with Gasteiger partial charge in [-0.3, -0.25) is 4.79 Å². The number of ether oxygens (including phenoxy) is 3. The van der Waals surface area contributed by atoms with Gasteiger partial charge in [-0.05, 0) is 60.7 Å². The number of amides is 1. The molecule has 31 heavy (non-hydrogen) atoms. The van der Waals surface area contributed by atoms with E-state index in [-0.39, 0.29) is 19.3 Å². The minimum absolute atomic E-state index is 0.140. The van der Waals surface area contributed by atoms with E-state index < -0.39 is 0 Å². The van der Waals surface area contributed by atoms with Gasteiger partial charge in [-0.25, -0.2) is 9.69 Å². The van der Waals surface area contributed by atoms with Crippen LogP contribution in [0, 0.1) is 0 Å². The molecule has 0 atom stereocenters. The molecule has 1 aromatic heterocycles. The smallest absolute Gasteiger partial charge is 0.272 e. The summed E-state index contributed by atoms with van der Waals surface area (Å²) in [5.74, 6) is 3.26. The van der Waals surface area contributed by atoms with Crippen molar-refractivity contribution in [3.63, 3.8) is 0 Å². The summed E-state index contributed by atoms with van der Waals surface area (Å²) in [4.78, 5) is 13.3. The van der Waals surface area contributed by atoms with Gasteiger partial charge < -0.3 is 14.2 Å². The molecule has 158 valence electrons. The summed E-state index contributed by atoms with van der Waals surface area (Å²) in [7, 11) is 0. The van der Waals surface area contributed by atoms with E-state index in [0.29, 0.717) is 34.6 Å². The lowest BCUT2D eigenvalue weighted by Gasteiger charge is -2.29. The maximum atomic E-state index is 13.3. The van der Waals surface area contributed by atoms with Crippen LogP contribution in [0.2, 0.25) is 0 Å². The number of aromatic nitrogens is 3. The van der Waals surface area contributed by atoms with Crippen LogP contribution in [-0.4, -0.2) is 39.9 Å². The first-order chi connectivity index (χ1) is 15.3. The van der Waals surface area contributed by atoms with Crippen molar-refractivity contribution in [1.82, 2.24) is 14.9 Å². The van der Waals surface area contributed by atoms with E-state index in [2.05, 4.69) is 22.3 Å². The zero-order valence-corrected chi connectivity index (χ0v) is 17.6. The lowest BCUT2D eigenvalue weighted by atomic mass is 10.1. The van der Waals surface area contributed by atoms with Crippen molar-refractivity contribution in [2.24, 2.45) is 0 Å².